The van der Waals surface area contributed by atoms with E-state index in [0.29, 0.717) is 11.5 Å². The van der Waals surface area contributed by atoms with E-state index in [9.17, 15) is 0 Å². The van der Waals surface area contributed by atoms with Gasteiger partial charge in [-0.25, -0.2) is 0 Å². The first kappa shape index (κ1) is 89.4. The number of nitrogens with zero attached hydrogens (tertiary/aromatic N) is 4. The summed E-state index contributed by atoms with van der Waals surface area (Å²) in [5.41, 5.74) is 35.3. The molecule has 0 bridgehead atoms. The Kier molecular flexibility index (Phi) is 31.6. The van der Waals surface area contributed by atoms with Crippen molar-refractivity contribution in [2.75, 3.05) is 0 Å². The van der Waals surface area contributed by atoms with Crippen LogP contribution in [0, 0.1) is 39.8 Å². The van der Waals surface area contributed by atoms with Crippen LogP contribution in [0.2, 0.25) is 0 Å². The Labute approximate surface area is 793 Å². The van der Waals surface area contributed by atoms with Crippen molar-refractivity contribution in [3.05, 3.63) is 435 Å². The van der Waals surface area contributed by atoms with E-state index in [1.807, 2.05) is 128 Å². The fraction of sp³-hybridized carbons (Fsp3) is 0.0370. The molecule has 18 rings (SSSR count). The van der Waals surface area contributed by atoms with Crippen LogP contribution >= 0.6 is 37.7 Å². The molecule has 0 aliphatic rings. The molecule has 0 amide bonds. The van der Waals surface area contributed by atoms with Crippen LogP contribution in [-0.2, 0) is 33.0 Å². The number of hydrogen-bond donors (Lipinski definition) is 0. The summed E-state index contributed by atoms with van der Waals surface area (Å²) in [6, 6.07) is 138. The van der Waals surface area contributed by atoms with Gasteiger partial charge in [-0.05, 0) is 240 Å². The first-order valence-corrected chi connectivity index (χ1v) is 67.2. The fourth-order valence-corrected chi connectivity index (χ4v) is 15.0. The molecule has 0 atom stereocenters. The first-order valence-electron chi connectivity index (χ1n) is 39.9. The minimum Gasteiger partial charge on any atom is 2.00 e. The molecular weight excluding hydrogens is 2000 g/mol. The maximum absolute atomic E-state index is 6.38. The third kappa shape index (κ3) is 22.8. The van der Waals surface area contributed by atoms with Crippen molar-refractivity contribution in [3.8, 4) is 179 Å². The molecule has 4 heterocycles. The number of aryl methyl sites for hydroxylation is 4. The summed E-state index contributed by atoms with van der Waals surface area (Å²) < 4.78 is 12.6. The van der Waals surface area contributed by atoms with E-state index in [-0.39, 0.29) is 21.1 Å². The van der Waals surface area contributed by atoms with Crippen LogP contribution in [-0.4, -0.2) is 83.1 Å². The molecule has 592 valence electrons. The Morgan fingerprint density at radius 2 is 0.533 bits per heavy atom. The Balaban J connectivity index is 0.000000184. The molecule has 0 N–H and O–H groups in total. The minimum absolute atomic E-state index is 0. The van der Waals surface area contributed by atoms with E-state index in [0.717, 1.165) is 89.9 Å². The molecule has 0 radical (unpaired) electrons. The number of hydrogen-bond acceptors (Lipinski definition) is 6. The third-order valence-electron chi connectivity index (χ3n) is 20.9. The van der Waals surface area contributed by atoms with Gasteiger partial charge in [-0.3, -0.25) is 9.97 Å². The Hall–Kier alpha value is -8.91. The van der Waals surface area contributed by atoms with Crippen LogP contribution in [0.15, 0.2) is 401 Å². The Bertz CT molecular complexity index is 5970. The second kappa shape index (κ2) is 43.1. The van der Waals surface area contributed by atoms with E-state index in [2.05, 4.69) is 311 Å². The molecule has 0 saturated heterocycles. The molecule has 0 unspecified atom stereocenters. The van der Waals surface area contributed by atoms with Gasteiger partial charge in [0.1, 0.15) is 11.5 Å². The number of halogens is 4. The zero-order chi connectivity index (χ0) is 83.6. The van der Waals surface area contributed by atoms with Gasteiger partial charge in [0, 0.05) is 53.0 Å². The summed E-state index contributed by atoms with van der Waals surface area (Å²) >= 11 is -0.556. The summed E-state index contributed by atoms with van der Waals surface area (Å²) in [4.78, 5) is 19.1. The number of benzene rings is 14. The smallest absolute Gasteiger partial charge is 2.00 e. The van der Waals surface area contributed by atoms with Gasteiger partial charge in [0.05, 0.1) is 11.4 Å². The van der Waals surface area contributed by atoms with Gasteiger partial charge in [0.15, 0.2) is 0 Å². The second-order valence-electron chi connectivity index (χ2n) is 28.7. The van der Waals surface area contributed by atoms with Crippen molar-refractivity contribution in [3.63, 3.8) is 0 Å². The van der Waals surface area contributed by atoms with Crippen molar-refractivity contribution in [2.24, 2.45) is 0 Å². The predicted octanol–water partition coefficient (Wildman–Crippen LogP) is 30.7. The number of pyridine rings is 4. The topological polar surface area (TPSA) is 70.0 Å². The molecular formula is C108H78Cl4K2N4O2Pt2. The molecule has 6 nitrogen and oxygen atoms in total. The summed E-state index contributed by atoms with van der Waals surface area (Å²) in [7, 11) is 20.0. The maximum Gasteiger partial charge on any atom is 2.00 e. The van der Waals surface area contributed by atoms with Gasteiger partial charge < -0.3 is 19.4 Å². The summed E-state index contributed by atoms with van der Waals surface area (Å²) in [5, 5.41) is 0. The first-order chi connectivity index (χ1) is 59.1. The van der Waals surface area contributed by atoms with E-state index in [4.69, 9.17) is 57.1 Å². The summed E-state index contributed by atoms with van der Waals surface area (Å²) in [6.45, 7) is 8.79. The number of rotatable bonds is 18. The van der Waals surface area contributed by atoms with Gasteiger partial charge in [-0.2, -0.15) is 0 Å². The van der Waals surface area contributed by atoms with E-state index in [1.165, 1.54) is 163 Å². The van der Waals surface area contributed by atoms with Gasteiger partial charge in [-0.1, -0.05) is 279 Å². The van der Waals surface area contributed by atoms with Crippen LogP contribution in [0.4, 0.5) is 0 Å². The monoisotopic (exact) mass is 2070 g/mol. The van der Waals surface area contributed by atoms with Crippen molar-refractivity contribution >= 4 is 101 Å². The number of aromatic nitrogens is 4. The molecule has 4 aromatic heterocycles. The van der Waals surface area contributed by atoms with E-state index < -0.39 is 11.9 Å². The van der Waals surface area contributed by atoms with Crippen molar-refractivity contribution in [1.29, 1.82) is 0 Å². The number of ether oxygens (including phenoxy) is 2. The molecule has 14 aromatic carbocycles. The standard InChI is InChI=1S/C54H40N2O.C54H38N2O.4ClH.2K.2Pt/c2*1-37-25-27-41(39-14-5-3-6-15-39)34-50(37)48-22-13-23-49(51-35-42(28-26-38(51)2)40-16-7-4-8-17-40)54(48)45-29-30-53(56-36-45)44-19-12-21-47(33-44)57-46-20-11-18-43(32-46)52-24-9-10-31-55-52;;;;;;;;/h3-36H,1-2H3;3-31,34-36H,1-2H3;4*1H;;;;/q;-2;;;;;;;+2;+4/p-4. The molecule has 0 aliphatic heterocycles. The minimum atomic E-state index is -3.06. The quantitative estimate of drug-likeness (QED) is 0.0630. The Morgan fingerprint density at radius 3 is 0.861 bits per heavy atom. The molecule has 0 saturated carbocycles. The third-order valence-corrected chi connectivity index (χ3v) is 20.9. The molecule has 0 fully saturated rings. The zero-order valence-electron chi connectivity index (χ0n) is 67.9. The van der Waals surface area contributed by atoms with Crippen LogP contribution in [0.3, 0.4) is 0 Å². The van der Waals surface area contributed by atoms with Gasteiger partial charge in [0.2, 0.25) is 0 Å². The second-order valence-corrected chi connectivity index (χ2v) is 48.4. The van der Waals surface area contributed by atoms with E-state index >= 15 is 0 Å². The zero-order valence-corrected chi connectivity index (χ0v) is 81.7. The fourth-order valence-electron chi connectivity index (χ4n) is 15.0. The molecule has 0 aliphatic carbocycles. The average molecular weight is 2070 g/mol. The van der Waals surface area contributed by atoms with Gasteiger partial charge >= 0.3 is 134 Å². The van der Waals surface area contributed by atoms with Crippen molar-refractivity contribution in [1.82, 2.24) is 19.9 Å². The summed E-state index contributed by atoms with van der Waals surface area (Å²) in [6.07, 6.45) is 7.60. The van der Waals surface area contributed by atoms with Crippen molar-refractivity contribution < 1.29 is 42.4 Å². The molecule has 14 heteroatoms. The van der Waals surface area contributed by atoms with Crippen LogP contribution < -0.4 is 9.47 Å². The van der Waals surface area contributed by atoms with Crippen molar-refractivity contribution in [2.45, 2.75) is 27.7 Å². The largest absolute Gasteiger partial charge is 2.00 e. The SMILES string of the molecule is Cc1ccc(-c2ccccc2)cc1-c1cccc(-c2cc(-c3ccccc3)ccc2C)c1-c1ccc(-c2[c-]c(Oc3[c-]c(-c4ccccn4)ccc3)ccc2)nc1.Cc1ccc(-c2ccccc2)cc1-c1cccc(-c2cc(-c3ccccc3)ccc2C)c1-c1ccc(-c2cccc(Oc3cccc(-c4ccccn4)c3)c2)nc1.[Cl][Pt]([Cl])([Cl])[Cl].[K][K].[Pt+2]. The maximum atomic E-state index is 6.38. The van der Waals surface area contributed by atoms with E-state index in [1.54, 1.807) is 12.4 Å². The summed E-state index contributed by atoms with van der Waals surface area (Å²) in [5.74, 6) is 2.67. The Morgan fingerprint density at radius 1 is 0.246 bits per heavy atom. The molecule has 18 aromatic rings. The van der Waals surface area contributed by atoms with Crippen LogP contribution in [0.25, 0.3) is 156 Å². The van der Waals surface area contributed by atoms with Gasteiger partial charge in [-0.15, -0.1) is 47.5 Å². The average Bonchev–Trinajstić information content (AvgIpc) is 0.763. The molecule has 0 spiro atoms. The van der Waals surface area contributed by atoms with Gasteiger partial charge in [0.25, 0.3) is 0 Å². The van der Waals surface area contributed by atoms with Crippen LogP contribution in [0.5, 0.6) is 23.0 Å². The molecule has 122 heavy (non-hydrogen) atoms. The normalized spacial score (nSPS) is 11.0. The predicted molar refractivity (Wildman–Crippen MR) is 505 cm³/mol. The van der Waals surface area contributed by atoms with Crippen LogP contribution in [0.1, 0.15) is 22.3 Å².